The van der Waals surface area contributed by atoms with E-state index in [1.807, 2.05) is 5.32 Å². The fourth-order valence-corrected chi connectivity index (χ4v) is 1.51. The van der Waals surface area contributed by atoms with Gasteiger partial charge in [-0.3, -0.25) is 9.59 Å². The minimum absolute atomic E-state index is 0.687. The summed E-state index contributed by atoms with van der Waals surface area (Å²) in [4.78, 5) is 45.8. The van der Waals surface area contributed by atoms with E-state index in [1.165, 1.54) is 13.8 Å². The number of carbonyl (C=O) groups is 4. The quantitative estimate of drug-likeness (QED) is 0.621. The molecule has 0 aromatic rings. The van der Waals surface area contributed by atoms with E-state index in [1.54, 1.807) is 20.8 Å². The molecule has 0 saturated heterocycles. The lowest BCUT2D eigenvalue weighted by Crippen LogP contribution is -2.53. The van der Waals surface area contributed by atoms with Gasteiger partial charge < -0.3 is 20.3 Å². The summed E-state index contributed by atoms with van der Waals surface area (Å²) in [6.45, 7) is 7.60. The fraction of sp³-hybridized carbons (Fsp3) is 0.692. The summed E-state index contributed by atoms with van der Waals surface area (Å²) in [5, 5.41) is 20.1. The van der Waals surface area contributed by atoms with E-state index >= 15 is 0 Å². The highest BCUT2D eigenvalue weighted by molar-refractivity contribution is 6.04. The molecule has 1 amide bonds. The summed E-state index contributed by atoms with van der Waals surface area (Å²) in [6.07, 6.45) is -1.10. The summed E-state index contributed by atoms with van der Waals surface area (Å²) in [5.41, 5.74) is -0.881. The van der Waals surface area contributed by atoms with E-state index in [2.05, 4.69) is 0 Å². The number of aliphatic carboxylic acids is 2. The van der Waals surface area contributed by atoms with Crippen molar-refractivity contribution in [3.05, 3.63) is 0 Å². The number of ketones is 1. The van der Waals surface area contributed by atoms with Gasteiger partial charge in [0.15, 0.2) is 5.78 Å². The first-order valence-corrected chi connectivity index (χ1v) is 6.35. The molecular formula is C13H21NO7. The molecule has 8 nitrogen and oxygen atoms in total. The van der Waals surface area contributed by atoms with Gasteiger partial charge >= 0.3 is 18.0 Å². The van der Waals surface area contributed by atoms with Crippen molar-refractivity contribution < 1.29 is 34.1 Å². The number of hydrogen-bond acceptors (Lipinski definition) is 5. The minimum Gasteiger partial charge on any atom is -0.481 e. The molecule has 21 heavy (non-hydrogen) atoms. The number of carboxylic acids is 2. The van der Waals surface area contributed by atoms with E-state index in [-0.39, 0.29) is 0 Å². The van der Waals surface area contributed by atoms with Gasteiger partial charge in [-0.2, -0.15) is 0 Å². The standard InChI is InChI=1S/C13H21NO7/c1-6(2)9(15)7(10(16)17)8(11(18)19)14-12(20)21-13(3,4)5/h6-8H,1-5H3,(H,14,20)(H,16,17)(H,18,19). The topological polar surface area (TPSA) is 130 Å². The Morgan fingerprint density at radius 1 is 1.00 bits per heavy atom. The Labute approximate surface area is 122 Å². The lowest BCUT2D eigenvalue weighted by atomic mass is 9.89. The van der Waals surface area contributed by atoms with Crippen LogP contribution in [0.4, 0.5) is 4.79 Å². The largest absolute Gasteiger partial charge is 0.481 e. The third-order valence-corrected chi connectivity index (χ3v) is 2.41. The summed E-state index contributed by atoms with van der Waals surface area (Å²) in [6, 6.07) is -1.90. The third-order valence-electron chi connectivity index (χ3n) is 2.41. The lowest BCUT2D eigenvalue weighted by Gasteiger charge is -2.25. The van der Waals surface area contributed by atoms with Crippen LogP contribution in [0.3, 0.4) is 0 Å². The zero-order chi connectivity index (χ0) is 17.0. The number of carboxylic acid groups (broad SMARTS) is 2. The second-order valence-corrected chi connectivity index (χ2v) is 5.84. The van der Waals surface area contributed by atoms with Crippen LogP contribution in [0, 0.1) is 11.8 Å². The molecule has 0 spiro atoms. The first-order chi connectivity index (χ1) is 9.36. The molecule has 0 radical (unpaired) electrons. The van der Waals surface area contributed by atoms with Crippen LogP contribution in [0.25, 0.3) is 0 Å². The van der Waals surface area contributed by atoms with Crippen molar-refractivity contribution in [2.24, 2.45) is 11.8 Å². The summed E-state index contributed by atoms with van der Waals surface area (Å²) in [7, 11) is 0. The molecule has 0 aromatic heterocycles. The smallest absolute Gasteiger partial charge is 0.408 e. The fourth-order valence-electron chi connectivity index (χ4n) is 1.51. The number of alkyl carbamates (subject to hydrolysis) is 1. The summed E-state index contributed by atoms with van der Waals surface area (Å²) >= 11 is 0. The molecule has 0 aliphatic heterocycles. The van der Waals surface area contributed by atoms with Crippen molar-refractivity contribution in [2.45, 2.75) is 46.3 Å². The molecule has 0 bridgehead atoms. The number of carbonyl (C=O) groups excluding carboxylic acids is 2. The molecular weight excluding hydrogens is 282 g/mol. The molecule has 2 unspecified atom stereocenters. The molecule has 120 valence electrons. The van der Waals surface area contributed by atoms with Gasteiger partial charge in [0.05, 0.1) is 0 Å². The number of hydrogen-bond donors (Lipinski definition) is 3. The normalized spacial score (nSPS) is 14.2. The van der Waals surface area contributed by atoms with Crippen LogP contribution in [0.2, 0.25) is 0 Å². The van der Waals surface area contributed by atoms with E-state index in [4.69, 9.17) is 14.9 Å². The van der Waals surface area contributed by atoms with Gasteiger partial charge in [-0.25, -0.2) is 9.59 Å². The monoisotopic (exact) mass is 303 g/mol. The Morgan fingerprint density at radius 3 is 1.76 bits per heavy atom. The predicted molar refractivity (Wildman–Crippen MR) is 71.8 cm³/mol. The summed E-state index contributed by atoms with van der Waals surface area (Å²) < 4.78 is 4.87. The van der Waals surface area contributed by atoms with E-state index in [0.717, 1.165) is 0 Å². The Hall–Kier alpha value is -2.12. The van der Waals surface area contributed by atoms with Crippen molar-refractivity contribution in [1.82, 2.24) is 5.32 Å². The number of amides is 1. The molecule has 0 fully saturated rings. The van der Waals surface area contributed by atoms with E-state index in [0.29, 0.717) is 0 Å². The third kappa shape index (κ3) is 6.24. The van der Waals surface area contributed by atoms with Gasteiger partial charge in [0.1, 0.15) is 17.6 Å². The Balaban J connectivity index is 5.27. The Bertz CT molecular complexity index is 436. The zero-order valence-electron chi connectivity index (χ0n) is 12.7. The molecule has 0 aliphatic carbocycles. The van der Waals surface area contributed by atoms with Crippen LogP contribution in [-0.4, -0.2) is 45.7 Å². The van der Waals surface area contributed by atoms with Crippen molar-refractivity contribution in [1.29, 1.82) is 0 Å². The number of ether oxygens (including phenoxy) is 1. The molecule has 0 aliphatic rings. The molecule has 0 rings (SSSR count). The molecule has 0 saturated carbocycles. The maximum Gasteiger partial charge on any atom is 0.408 e. The second kappa shape index (κ2) is 7.05. The maximum absolute atomic E-state index is 11.9. The van der Waals surface area contributed by atoms with Crippen molar-refractivity contribution in [3.8, 4) is 0 Å². The van der Waals surface area contributed by atoms with Crippen LogP contribution < -0.4 is 5.32 Å². The van der Waals surface area contributed by atoms with Gasteiger partial charge in [-0.1, -0.05) is 13.8 Å². The average Bonchev–Trinajstić information content (AvgIpc) is 2.24. The highest BCUT2D eigenvalue weighted by atomic mass is 16.6. The van der Waals surface area contributed by atoms with Gasteiger partial charge in [-0.05, 0) is 20.8 Å². The molecule has 3 N–H and O–H groups in total. The minimum atomic E-state index is -1.90. The van der Waals surface area contributed by atoms with E-state index in [9.17, 15) is 19.2 Å². The lowest BCUT2D eigenvalue weighted by molar-refractivity contribution is -0.155. The predicted octanol–water partition coefficient (Wildman–Crippen LogP) is 0.890. The van der Waals surface area contributed by atoms with Crippen LogP contribution in [-0.2, 0) is 19.1 Å². The van der Waals surface area contributed by atoms with Crippen LogP contribution in [0.5, 0.6) is 0 Å². The Morgan fingerprint density at radius 2 is 1.48 bits per heavy atom. The van der Waals surface area contributed by atoms with Crippen molar-refractivity contribution >= 4 is 23.8 Å². The van der Waals surface area contributed by atoms with Gasteiger partial charge in [0.25, 0.3) is 0 Å². The first kappa shape index (κ1) is 18.9. The van der Waals surface area contributed by atoms with Crippen LogP contribution >= 0.6 is 0 Å². The van der Waals surface area contributed by atoms with Crippen molar-refractivity contribution in [2.75, 3.05) is 0 Å². The van der Waals surface area contributed by atoms with Crippen LogP contribution in [0.15, 0.2) is 0 Å². The molecule has 0 heterocycles. The highest BCUT2D eigenvalue weighted by Crippen LogP contribution is 2.14. The van der Waals surface area contributed by atoms with Crippen LogP contribution in [0.1, 0.15) is 34.6 Å². The first-order valence-electron chi connectivity index (χ1n) is 6.35. The van der Waals surface area contributed by atoms with E-state index < -0.39 is 47.3 Å². The summed E-state index contributed by atoms with van der Waals surface area (Å²) in [5.74, 6) is -6.59. The zero-order valence-corrected chi connectivity index (χ0v) is 12.7. The van der Waals surface area contributed by atoms with Gasteiger partial charge in [-0.15, -0.1) is 0 Å². The number of nitrogens with one attached hydrogen (secondary N) is 1. The average molecular weight is 303 g/mol. The van der Waals surface area contributed by atoms with Crippen molar-refractivity contribution in [3.63, 3.8) is 0 Å². The maximum atomic E-state index is 11.9. The van der Waals surface area contributed by atoms with Gasteiger partial charge in [0, 0.05) is 5.92 Å². The second-order valence-electron chi connectivity index (χ2n) is 5.84. The number of Topliss-reactive ketones (excluding diaryl/α,β-unsaturated/α-hetero) is 1. The molecule has 0 aromatic carbocycles. The van der Waals surface area contributed by atoms with Gasteiger partial charge in [0.2, 0.25) is 0 Å². The highest BCUT2D eigenvalue weighted by Gasteiger charge is 2.41. The molecule has 2 atom stereocenters. The Kier molecular flexibility index (Phi) is 6.34. The SMILES string of the molecule is CC(C)C(=O)C(C(=O)O)C(NC(=O)OC(C)(C)C)C(=O)O. The number of rotatable bonds is 6. The molecule has 8 heteroatoms.